The summed E-state index contributed by atoms with van der Waals surface area (Å²) in [5, 5.41) is 22.1. The van der Waals surface area contributed by atoms with Crippen LogP contribution in [0.15, 0.2) is 132 Å². The minimum Gasteiger partial charge on any atom is -0.490 e. The zero-order valence-corrected chi connectivity index (χ0v) is 80.5. The third-order valence-electron chi connectivity index (χ3n) is 20.5. The first kappa shape index (κ1) is 100. The number of amides is 4. The van der Waals surface area contributed by atoms with Crippen molar-refractivity contribution in [3.63, 3.8) is 0 Å². The van der Waals surface area contributed by atoms with Crippen LogP contribution in [-0.4, -0.2) is 203 Å². The second-order valence-corrected chi connectivity index (χ2v) is 34.5. The molecule has 0 spiro atoms. The van der Waals surface area contributed by atoms with Crippen LogP contribution in [0.25, 0.3) is 84.2 Å². The van der Waals surface area contributed by atoms with Crippen LogP contribution in [0.2, 0.25) is 0 Å². The third-order valence-corrected chi connectivity index (χ3v) is 26.6. The number of nitrogens with one attached hydrogen (secondary N) is 4. The van der Waals surface area contributed by atoms with Crippen LogP contribution in [-0.2, 0) is 38.1 Å². The lowest BCUT2D eigenvalue weighted by Gasteiger charge is -2.19. The Morgan fingerprint density at radius 3 is 0.898 bits per heavy atom. The van der Waals surface area contributed by atoms with E-state index in [0.717, 1.165) is 175 Å². The Labute approximate surface area is 767 Å². The highest BCUT2D eigenvalue weighted by Crippen LogP contribution is 2.51. The number of pyridine rings is 1. The molecule has 0 fully saturated rings. The summed E-state index contributed by atoms with van der Waals surface area (Å²) in [6.45, 7) is 45.8. The van der Waals surface area contributed by atoms with Crippen molar-refractivity contribution in [2.75, 3.05) is 153 Å². The summed E-state index contributed by atoms with van der Waals surface area (Å²) in [7, 11) is 0. The van der Waals surface area contributed by atoms with Gasteiger partial charge in [-0.1, -0.05) is 116 Å². The number of carbonyl (C=O) groups excluding carboxylic acids is 8. The highest BCUT2D eigenvalue weighted by Gasteiger charge is 2.31. The van der Waals surface area contributed by atoms with E-state index in [9.17, 15) is 38.4 Å². The molecular weight excluding hydrogens is 1730 g/mol. The summed E-state index contributed by atoms with van der Waals surface area (Å²) in [6.07, 6.45) is 3.47. The molecule has 0 atom stereocenters. The van der Waals surface area contributed by atoms with Crippen LogP contribution in [0.4, 0.5) is 20.0 Å². The van der Waals surface area contributed by atoms with Crippen molar-refractivity contribution in [3.8, 4) is 66.8 Å². The Bertz CT molecular complexity index is 5490. The molecule has 5 aromatic carbocycles. The molecule has 0 aliphatic rings. The molecule has 0 bridgehead atoms. The molecule has 12 rings (SSSR count). The monoisotopic (exact) mass is 1840 g/mol. The number of nitrogens with zero attached hydrogens (tertiary/aromatic N) is 5. The number of hydrogen-bond donors (Lipinski definition) is 4. The van der Waals surface area contributed by atoms with E-state index < -0.39 is 23.9 Å². The van der Waals surface area contributed by atoms with Crippen LogP contribution in [0.5, 0.6) is 23.0 Å². The standard InChI is InChI=1S/C26H32N2O4S.C24H29N3O4S.2C23H28N2O4S2/c1-6-28(7-2)15-16-32-23-20(19-11-9-17(4)10-12-19)13-14-21-22(26(30)31-8-3)25(27-18(5)29)33-24(21)23;1-5-27(6-2)14-15-31-21-18(17-10-12-25-13-11-17)8-9-19-20(24(29)30-7-3)23(26-16(4)28)32-22(19)21;1-5-25(6-2)11-12-29-20-17(16-10-13-30-14-16)8-9-18-19(23(27)28-7-3)22(24-15(4)26)31-21(18)20;1-5-25(6-2)12-13-29-20-16(18-9-8-14-30-18)10-11-17-19(23(27)28-7-3)22(24-15(4)26)31-21(17)20/h9-14H,6-8,15-16H2,1-5H3,(H,27,29);8-13H,5-7,14-15H2,1-4H3,(H,26,28);8-10,13-14H,5-7,11-12H2,1-4H3,(H,24,26);8-11,14H,5-7,12-13H2,1-4H3,(H,24,26). The van der Waals surface area contributed by atoms with Crippen LogP contribution < -0.4 is 40.2 Å². The van der Waals surface area contributed by atoms with Crippen molar-refractivity contribution in [2.24, 2.45) is 0 Å². The summed E-state index contributed by atoms with van der Waals surface area (Å²) in [6, 6.07) is 33.7. The maximum absolute atomic E-state index is 12.8. The number of hydrogen-bond acceptors (Lipinski definition) is 27. The van der Waals surface area contributed by atoms with Gasteiger partial charge in [0.05, 0.1) is 45.2 Å². The van der Waals surface area contributed by atoms with Crippen LogP contribution in [0.1, 0.15) is 158 Å². The molecule has 0 aliphatic carbocycles. The van der Waals surface area contributed by atoms with E-state index in [1.165, 1.54) is 78.6 Å². The van der Waals surface area contributed by atoms with E-state index in [2.05, 4.69) is 150 Å². The van der Waals surface area contributed by atoms with Gasteiger partial charge in [-0.05, 0) is 168 Å². The van der Waals surface area contributed by atoms with Gasteiger partial charge in [-0.15, -0.1) is 56.7 Å². The highest BCUT2D eigenvalue weighted by molar-refractivity contribution is 7.25. The topological polar surface area (TPSA) is 284 Å². The lowest BCUT2D eigenvalue weighted by Crippen LogP contribution is -2.28. The number of esters is 4. The molecule has 4 amide bonds. The first-order valence-corrected chi connectivity index (χ1v) is 48.1. The Morgan fingerprint density at radius 2 is 0.630 bits per heavy atom. The zero-order chi connectivity index (χ0) is 91.8. The molecular formula is C96H117N9O16S6. The molecule has 0 aliphatic heterocycles. The van der Waals surface area contributed by atoms with Gasteiger partial charge in [0.1, 0.15) is 91.7 Å². The molecule has 4 N–H and O–H groups in total. The first-order valence-electron chi connectivity index (χ1n) is 43.0. The third kappa shape index (κ3) is 26.3. The van der Waals surface area contributed by atoms with Crippen molar-refractivity contribution in [1.29, 1.82) is 0 Å². The molecule has 31 heteroatoms. The predicted octanol–water partition coefficient (Wildman–Crippen LogP) is 21.5. The van der Waals surface area contributed by atoms with E-state index in [4.69, 9.17) is 37.9 Å². The predicted molar refractivity (Wildman–Crippen MR) is 522 cm³/mol. The molecule has 0 saturated heterocycles. The van der Waals surface area contributed by atoms with Gasteiger partial charge < -0.3 is 78.8 Å². The summed E-state index contributed by atoms with van der Waals surface area (Å²) in [5.74, 6) is 0.0930. The van der Waals surface area contributed by atoms with Crippen molar-refractivity contribution < 1.29 is 76.3 Å². The molecule has 0 radical (unpaired) electrons. The van der Waals surface area contributed by atoms with E-state index in [1.54, 1.807) is 62.8 Å². The summed E-state index contributed by atoms with van der Waals surface area (Å²) >= 11 is 8.62. The van der Waals surface area contributed by atoms with Gasteiger partial charge in [0, 0.05) is 115 Å². The number of fused-ring (bicyclic) bond motifs is 4. The zero-order valence-electron chi connectivity index (χ0n) is 75.6. The van der Waals surface area contributed by atoms with Crippen LogP contribution in [0, 0.1) is 6.92 Å². The minimum atomic E-state index is -0.465. The second kappa shape index (κ2) is 50.1. The van der Waals surface area contributed by atoms with E-state index >= 15 is 0 Å². The maximum atomic E-state index is 12.8. The molecule has 12 aromatic rings. The summed E-state index contributed by atoms with van der Waals surface area (Å²) in [5.41, 5.74) is 9.54. The smallest absolute Gasteiger partial charge is 0.341 e. The van der Waals surface area contributed by atoms with Gasteiger partial charge in [-0.2, -0.15) is 11.3 Å². The molecule has 127 heavy (non-hydrogen) atoms. The fourth-order valence-corrected chi connectivity index (χ4v) is 20.3. The number of thiophene rings is 6. The van der Waals surface area contributed by atoms with Crippen molar-refractivity contribution >= 4 is 176 Å². The largest absolute Gasteiger partial charge is 0.490 e. The van der Waals surface area contributed by atoms with E-state index in [-0.39, 0.29) is 50.1 Å². The summed E-state index contributed by atoms with van der Waals surface area (Å²) < 4.78 is 49.8. The summed E-state index contributed by atoms with van der Waals surface area (Å²) in [4.78, 5) is 113. The van der Waals surface area contributed by atoms with Gasteiger partial charge in [-0.3, -0.25) is 24.2 Å². The maximum Gasteiger partial charge on any atom is 0.341 e. The average molecular weight is 1850 g/mol. The minimum absolute atomic E-state index is 0.236. The van der Waals surface area contributed by atoms with E-state index in [1.807, 2.05) is 77.5 Å². The molecule has 25 nitrogen and oxygen atoms in total. The molecule has 678 valence electrons. The average Bonchev–Trinajstić information content (AvgIpc) is 1.65. The van der Waals surface area contributed by atoms with Gasteiger partial charge in [-0.25, -0.2) is 19.2 Å². The number of benzene rings is 5. The Balaban J connectivity index is 0.000000191. The van der Waals surface area contributed by atoms with Gasteiger partial charge >= 0.3 is 23.9 Å². The van der Waals surface area contributed by atoms with Gasteiger partial charge in [0.15, 0.2) is 0 Å². The normalized spacial score (nSPS) is 11.1. The Hall–Kier alpha value is -10.7. The van der Waals surface area contributed by atoms with Crippen LogP contribution in [0.3, 0.4) is 0 Å². The SMILES string of the molecule is CCOC(=O)c1c(NC(C)=O)sc2c(OCCN(CC)CC)c(-c3ccc(C)cc3)ccc12.CCOC(=O)c1c(NC(C)=O)sc2c(OCCN(CC)CC)c(-c3cccs3)ccc12.CCOC(=O)c1c(NC(C)=O)sc2c(OCCN(CC)CC)c(-c3ccncc3)ccc12.CCOC(=O)c1c(NC(C)=O)sc2c(OCCN(CC)CC)c(-c3ccsc3)ccc12. The Kier molecular flexibility index (Phi) is 39.5. The number of ether oxygens (including phenoxy) is 8. The van der Waals surface area contributed by atoms with Crippen molar-refractivity contribution in [1.82, 2.24) is 24.6 Å². The number of anilines is 4. The quantitative estimate of drug-likeness (QED) is 0.0205. The highest BCUT2D eigenvalue weighted by atomic mass is 32.1. The fourth-order valence-electron chi connectivity index (χ4n) is 14.0. The second-order valence-electron chi connectivity index (χ2n) is 28.7. The number of aromatic nitrogens is 1. The molecule has 0 unspecified atom stereocenters. The van der Waals surface area contributed by atoms with Crippen molar-refractivity contribution in [2.45, 2.75) is 118 Å². The molecule has 7 aromatic heterocycles. The number of carbonyl (C=O) groups is 8. The van der Waals surface area contributed by atoms with E-state index in [0.29, 0.717) is 79.8 Å². The van der Waals surface area contributed by atoms with Crippen molar-refractivity contribution in [3.05, 3.63) is 159 Å². The van der Waals surface area contributed by atoms with Gasteiger partial charge in [0.2, 0.25) is 23.6 Å². The molecule has 7 heterocycles. The fraction of sp³-hybridized carbons (Fsp3) is 0.385. The Morgan fingerprint density at radius 1 is 0.339 bits per heavy atom. The number of aryl methyl sites for hydroxylation is 1. The number of likely N-dealkylation sites (N-methyl/N-ethyl adjacent to an activating group) is 4. The van der Waals surface area contributed by atoms with Gasteiger partial charge in [0.25, 0.3) is 0 Å². The lowest BCUT2D eigenvalue weighted by atomic mass is 10.0. The molecule has 0 saturated carbocycles. The first-order chi connectivity index (χ1) is 61.4. The number of rotatable bonds is 40. The lowest BCUT2D eigenvalue weighted by molar-refractivity contribution is -0.115. The van der Waals surface area contributed by atoms with Crippen LogP contribution >= 0.6 is 68.0 Å².